The van der Waals surface area contributed by atoms with E-state index in [9.17, 15) is 14.4 Å². The zero-order chi connectivity index (χ0) is 28.0. The summed E-state index contributed by atoms with van der Waals surface area (Å²) in [6, 6.07) is 15.1. The first kappa shape index (κ1) is 26.8. The molecule has 0 unspecified atom stereocenters. The number of benzene rings is 2. The topological polar surface area (TPSA) is 87.7 Å². The van der Waals surface area contributed by atoms with Gasteiger partial charge in [-0.1, -0.05) is 73.9 Å². The Balaban J connectivity index is 1.30. The van der Waals surface area contributed by atoms with Crippen LogP contribution in [0.2, 0.25) is 0 Å². The van der Waals surface area contributed by atoms with Crippen LogP contribution in [0.25, 0.3) is 0 Å². The molecule has 2 aromatic rings. The number of nitrogens with zero attached hydrogens (tertiary/aromatic N) is 1. The van der Waals surface area contributed by atoms with Gasteiger partial charge in [0.25, 0.3) is 0 Å². The van der Waals surface area contributed by atoms with Gasteiger partial charge < -0.3 is 20.3 Å². The fraction of sp³-hybridized carbons (Fsp3) is 0.485. The minimum atomic E-state index is -1.15. The van der Waals surface area contributed by atoms with Crippen LogP contribution in [0.3, 0.4) is 0 Å². The molecule has 7 heteroatoms. The number of hydrogen-bond donors (Lipinski definition) is 2. The van der Waals surface area contributed by atoms with Gasteiger partial charge in [-0.2, -0.15) is 0 Å². The predicted molar refractivity (Wildman–Crippen MR) is 153 cm³/mol. The van der Waals surface area contributed by atoms with Crippen molar-refractivity contribution >= 4 is 23.4 Å². The molecule has 1 spiro atoms. The number of carbonyl (C=O) groups excluding carboxylic acids is 3. The van der Waals surface area contributed by atoms with Crippen molar-refractivity contribution in [2.24, 2.45) is 17.8 Å². The van der Waals surface area contributed by atoms with Crippen LogP contribution in [0.15, 0.2) is 60.7 Å². The van der Waals surface area contributed by atoms with Gasteiger partial charge in [0.05, 0.1) is 17.9 Å². The molecule has 2 saturated heterocycles. The summed E-state index contributed by atoms with van der Waals surface area (Å²) < 4.78 is 6.50. The maximum Gasteiger partial charge on any atom is 0.246 e. The average Bonchev–Trinajstić information content (AvgIpc) is 3.57. The molecule has 0 radical (unpaired) electrons. The molecule has 40 heavy (non-hydrogen) atoms. The molecule has 210 valence electrons. The second kappa shape index (κ2) is 10.5. The normalized spacial score (nSPS) is 32.3. The van der Waals surface area contributed by atoms with Crippen molar-refractivity contribution < 1.29 is 19.1 Å². The van der Waals surface area contributed by atoms with Crippen LogP contribution in [0.4, 0.5) is 5.69 Å². The van der Waals surface area contributed by atoms with E-state index < -0.39 is 29.6 Å². The molecule has 1 saturated carbocycles. The van der Waals surface area contributed by atoms with E-state index in [1.807, 2.05) is 50.3 Å². The number of fused-ring (bicyclic) bond motifs is 1. The minimum Gasteiger partial charge on any atom is -0.359 e. The van der Waals surface area contributed by atoms with Gasteiger partial charge in [-0.05, 0) is 62.3 Å². The van der Waals surface area contributed by atoms with Crippen molar-refractivity contribution in [1.82, 2.24) is 10.2 Å². The quantitative estimate of drug-likeness (QED) is 0.511. The van der Waals surface area contributed by atoms with Crippen LogP contribution in [0.1, 0.15) is 49.3 Å². The Kier molecular flexibility index (Phi) is 7.03. The molecule has 3 fully saturated rings. The van der Waals surface area contributed by atoms with E-state index >= 15 is 0 Å². The van der Waals surface area contributed by atoms with E-state index in [-0.39, 0.29) is 23.8 Å². The lowest BCUT2D eigenvalue weighted by Crippen LogP contribution is -2.57. The molecule has 1 aliphatic carbocycles. The summed E-state index contributed by atoms with van der Waals surface area (Å²) in [4.78, 5) is 43.6. The Morgan fingerprint density at radius 3 is 2.55 bits per heavy atom. The maximum absolute atomic E-state index is 14.2. The molecule has 2 bridgehead atoms. The van der Waals surface area contributed by atoms with Crippen LogP contribution in [-0.4, -0.2) is 53.0 Å². The van der Waals surface area contributed by atoms with Crippen molar-refractivity contribution in [2.45, 2.75) is 76.7 Å². The number of likely N-dealkylation sites (tertiary alicyclic amines) is 1. The summed E-state index contributed by atoms with van der Waals surface area (Å²) in [6.07, 6.45) is 8.12. The Morgan fingerprint density at radius 1 is 1.02 bits per heavy atom. The van der Waals surface area contributed by atoms with Gasteiger partial charge in [-0.15, -0.1) is 0 Å². The Labute approximate surface area is 236 Å². The number of nitrogens with one attached hydrogen (secondary N) is 2. The van der Waals surface area contributed by atoms with Crippen LogP contribution in [0.5, 0.6) is 0 Å². The van der Waals surface area contributed by atoms with E-state index in [4.69, 9.17) is 4.74 Å². The molecular weight excluding hydrogens is 502 g/mol. The monoisotopic (exact) mass is 541 g/mol. The molecule has 4 aliphatic rings. The number of amides is 3. The smallest absolute Gasteiger partial charge is 0.246 e. The number of ether oxygens (including phenoxy) is 1. The van der Waals surface area contributed by atoms with Crippen LogP contribution in [0, 0.1) is 31.6 Å². The molecule has 6 rings (SSSR count). The minimum absolute atomic E-state index is 0.0775. The first-order chi connectivity index (χ1) is 19.3. The lowest BCUT2D eigenvalue weighted by atomic mass is 9.74. The second-order valence-corrected chi connectivity index (χ2v) is 12.2. The van der Waals surface area contributed by atoms with Crippen LogP contribution in [-0.2, 0) is 25.5 Å². The highest BCUT2D eigenvalue weighted by molar-refractivity contribution is 6.02. The zero-order valence-electron chi connectivity index (χ0n) is 23.6. The van der Waals surface area contributed by atoms with E-state index in [1.54, 1.807) is 4.90 Å². The van der Waals surface area contributed by atoms with Gasteiger partial charge >= 0.3 is 0 Å². The largest absolute Gasteiger partial charge is 0.359 e. The van der Waals surface area contributed by atoms with Crippen molar-refractivity contribution in [3.8, 4) is 0 Å². The molecule has 0 aromatic heterocycles. The summed E-state index contributed by atoms with van der Waals surface area (Å²) >= 11 is 0. The molecule has 7 atom stereocenters. The van der Waals surface area contributed by atoms with Crippen molar-refractivity contribution in [3.05, 3.63) is 77.4 Å². The molecule has 3 amide bonds. The first-order valence-electron chi connectivity index (χ1n) is 14.7. The number of aryl methyl sites for hydroxylation is 2. The van der Waals surface area contributed by atoms with Gasteiger partial charge in [0.2, 0.25) is 17.7 Å². The Bertz CT molecular complexity index is 1340. The summed E-state index contributed by atoms with van der Waals surface area (Å²) in [7, 11) is 0. The van der Waals surface area contributed by atoms with Crippen molar-refractivity contribution in [3.63, 3.8) is 0 Å². The van der Waals surface area contributed by atoms with E-state index in [1.165, 1.54) is 12.0 Å². The second-order valence-electron chi connectivity index (χ2n) is 12.2. The Hall–Kier alpha value is -3.45. The van der Waals surface area contributed by atoms with E-state index in [0.717, 1.165) is 30.4 Å². The fourth-order valence-electron chi connectivity index (χ4n) is 7.25. The fourth-order valence-corrected chi connectivity index (χ4v) is 7.25. The first-order valence-corrected chi connectivity index (χ1v) is 14.7. The highest BCUT2D eigenvalue weighted by Crippen LogP contribution is 2.55. The third-order valence-corrected chi connectivity index (χ3v) is 9.41. The molecule has 2 N–H and O–H groups in total. The van der Waals surface area contributed by atoms with Crippen molar-refractivity contribution in [2.75, 3.05) is 11.9 Å². The summed E-state index contributed by atoms with van der Waals surface area (Å²) in [5.41, 5.74) is 2.85. The summed E-state index contributed by atoms with van der Waals surface area (Å²) in [5.74, 6) is -1.67. The Morgan fingerprint density at radius 2 is 1.80 bits per heavy atom. The number of hydrogen-bond acceptors (Lipinski definition) is 4. The summed E-state index contributed by atoms with van der Waals surface area (Å²) in [5, 5.41) is 6.31. The van der Waals surface area contributed by atoms with E-state index in [0.29, 0.717) is 24.6 Å². The average molecular weight is 542 g/mol. The van der Waals surface area contributed by atoms with Gasteiger partial charge in [0.1, 0.15) is 11.6 Å². The SMILES string of the molecule is Cc1ccc(CCN2C(=O)[C@@H]3[C@H](C(=O)Nc4cccc(C)c4)[C@@H]4C=C[C@@]3(O4)[C@@H]2C(=O)N[C@@H]2CCCC[C@H]2C)cc1. The summed E-state index contributed by atoms with van der Waals surface area (Å²) in [6.45, 7) is 6.58. The van der Waals surface area contributed by atoms with Crippen LogP contribution >= 0.6 is 0 Å². The van der Waals surface area contributed by atoms with Gasteiger partial charge in [-0.25, -0.2) is 0 Å². The van der Waals surface area contributed by atoms with Crippen LogP contribution < -0.4 is 10.6 Å². The third-order valence-electron chi connectivity index (χ3n) is 9.41. The maximum atomic E-state index is 14.2. The lowest BCUT2D eigenvalue weighted by molar-refractivity contribution is -0.141. The van der Waals surface area contributed by atoms with Crippen molar-refractivity contribution in [1.29, 1.82) is 0 Å². The lowest BCUT2D eigenvalue weighted by Gasteiger charge is -2.36. The zero-order valence-corrected chi connectivity index (χ0v) is 23.6. The molecule has 7 nitrogen and oxygen atoms in total. The molecular formula is C33H39N3O4. The molecule has 2 aromatic carbocycles. The standard InChI is InChI=1S/C33H39N3O4/c1-20-11-13-23(14-12-20)16-18-36-29(31(38)35-25-10-5-4-8-22(25)3)33-17-15-26(40-33)27(28(33)32(36)39)30(37)34-24-9-6-7-21(2)19-24/h6-7,9,11-15,17,19,22,25-29H,4-5,8,10,16,18H2,1-3H3,(H,34,37)(H,35,38)/t22-,25-,26+,27-,28+,29+,33+/m1/s1. The molecule has 3 heterocycles. The number of rotatable bonds is 7. The molecule has 3 aliphatic heterocycles. The predicted octanol–water partition coefficient (Wildman–Crippen LogP) is 4.33. The highest BCUT2D eigenvalue weighted by Gasteiger charge is 2.72. The van der Waals surface area contributed by atoms with Gasteiger partial charge in [0.15, 0.2) is 0 Å². The van der Waals surface area contributed by atoms with Gasteiger partial charge in [0, 0.05) is 18.3 Å². The number of carbonyl (C=O) groups is 3. The van der Waals surface area contributed by atoms with E-state index in [2.05, 4.69) is 41.8 Å². The van der Waals surface area contributed by atoms with Gasteiger partial charge in [-0.3, -0.25) is 14.4 Å². The highest BCUT2D eigenvalue weighted by atomic mass is 16.5. The third kappa shape index (κ3) is 4.64. The number of anilines is 1.